The predicted molar refractivity (Wildman–Crippen MR) is 66.4 cm³/mol. The second kappa shape index (κ2) is 5.14. The van der Waals surface area contributed by atoms with E-state index in [-0.39, 0.29) is 6.03 Å². The molecule has 0 bridgehead atoms. The molecule has 0 aromatic heterocycles. The van der Waals surface area contributed by atoms with E-state index in [2.05, 4.69) is 15.5 Å². The summed E-state index contributed by atoms with van der Waals surface area (Å²) in [6.07, 6.45) is 4.39. The van der Waals surface area contributed by atoms with Crippen LogP contribution in [-0.2, 0) is 4.79 Å². The van der Waals surface area contributed by atoms with Gasteiger partial charge >= 0.3 is 12.0 Å². The van der Waals surface area contributed by atoms with Crippen LogP contribution in [0.3, 0.4) is 0 Å². The minimum atomic E-state index is -1.02. The summed E-state index contributed by atoms with van der Waals surface area (Å²) in [6.45, 7) is 1.35. The highest BCUT2D eigenvalue weighted by Crippen LogP contribution is 2.31. The summed E-state index contributed by atoms with van der Waals surface area (Å²) in [5, 5.41) is 14.4. The average Bonchev–Trinajstić information content (AvgIpc) is 3.06. The number of carbonyl (C=O) groups is 2. The number of amides is 2. The summed E-state index contributed by atoms with van der Waals surface area (Å²) in [5.41, 5.74) is -1.02. The first-order chi connectivity index (χ1) is 8.53. The third-order valence-electron chi connectivity index (χ3n) is 3.89. The van der Waals surface area contributed by atoms with Gasteiger partial charge in [0.15, 0.2) is 0 Å². The average molecular weight is 255 g/mol. The van der Waals surface area contributed by atoms with Crippen molar-refractivity contribution in [3.63, 3.8) is 0 Å². The molecule has 2 aliphatic rings. The molecule has 2 fully saturated rings. The van der Waals surface area contributed by atoms with Crippen molar-refractivity contribution >= 4 is 12.0 Å². The van der Waals surface area contributed by atoms with Crippen LogP contribution >= 0.6 is 0 Å². The Morgan fingerprint density at radius 2 is 2.06 bits per heavy atom. The summed E-state index contributed by atoms with van der Waals surface area (Å²) in [4.78, 5) is 24.9. The Bertz CT molecular complexity index is 337. The van der Waals surface area contributed by atoms with E-state index in [1.165, 1.54) is 12.8 Å². The molecule has 0 aromatic rings. The summed E-state index contributed by atoms with van der Waals surface area (Å²) < 4.78 is 0. The van der Waals surface area contributed by atoms with E-state index < -0.39 is 11.5 Å². The first-order valence-corrected chi connectivity index (χ1v) is 6.53. The molecule has 6 heteroatoms. The van der Waals surface area contributed by atoms with Crippen molar-refractivity contribution in [2.75, 3.05) is 20.1 Å². The molecule has 102 valence electrons. The number of hydrogen-bond acceptors (Lipinski definition) is 3. The number of aliphatic carboxylic acids is 1. The largest absolute Gasteiger partial charge is 0.480 e. The number of hydrogen-bond donors (Lipinski definition) is 3. The van der Waals surface area contributed by atoms with Gasteiger partial charge in [0, 0.05) is 19.1 Å². The number of carboxylic acids is 1. The lowest BCUT2D eigenvalue weighted by Crippen LogP contribution is -2.61. The molecule has 2 saturated carbocycles. The van der Waals surface area contributed by atoms with Crippen molar-refractivity contribution < 1.29 is 14.7 Å². The van der Waals surface area contributed by atoms with Crippen molar-refractivity contribution in [2.24, 2.45) is 0 Å². The predicted octanol–water partition coefficient (Wildman–Crippen LogP) is 0.387. The van der Waals surface area contributed by atoms with Crippen molar-refractivity contribution in [3.8, 4) is 0 Å². The van der Waals surface area contributed by atoms with Gasteiger partial charge in [-0.05, 0) is 39.2 Å². The van der Waals surface area contributed by atoms with E-state index in [0.717, 1.165) is 13.0 Å². The summed E-state index contributed by atoms with van der Waals surface area (Å²) in [6, 6.07) is 0.299. The highest BCUT2D eigenvalue weighted by Gasteiger charge is 2.45. The first kappa shape index (κ1) is 13.1. The fourth-order valence-electron chi connectivity index (χ4n) is 2.23. The maximum Gasteiger partial charge on any atom is 0.329 e. The molecule has 0 heterocycles. The number of likely N-dealkylation sites (N-methyl/N-ethyl adjacent to an activating group) is 1. The van der Waals surface area contributed by atoms with E-state index in [0.29, 0.717) is 25.4 Å². The zero-order chi connectivity index (χ0) is 13.2. The van der Waals surface area contributed by atoms with Crippen LogP contribution in [0, 0.1) is 0 Å². The molecule has 0 aromatic carbocycles. The Balaban J connectivity index is 1.66. The van der Waals surface area contributed by atoms with Crippen LogP contribution in [0.5, 0.6) is 0 Å². The van der Waals surface area contributed by atoms with Crippen molar-refractivity contribution in [2.45, 2.75) is 43.7 Å². The number of carbonyl (C=O) groups excluding carboxylic acids is 1. The summed E-state index contributed by atoms with van der Waals surface area (Å²) in [5.74, 6) is -0.931. The molecule has 2 rings (SSSR count). The zero-order valence-electron chi connectivity index (χ0n) is 10.7. The van der Waals surface area contributed by atoms with E-state index in [1.807, 2.05) is 7.05 Å². The van der Waals surface area contributed by atoms with E-state index in [4.69, 9.17) is 5.11 Å². The van der Waals surface area contributed by atoms with E-state index in [9.17, 15) is 9.59 Å². The fourth-order valence-corrected chi connectivity index (χ4v) is 2.23. The maximum atomic E-state index is 11.6. The van der Waals surface area contributed by atoms with Crippen molar-refractivity contribution in [1.82, 2.24) is 15.5 Å². The molecule has 0 spiro atoms. The Labute approximate surface area is 107 Å². The van der Waals surface area contributed by atoms with Crippen LogP contribution in [0.15, 0.2) is 0 Å². The lowest BCUT2D eigenvalue weighted by molar-refractivity contribution is -0.148. The molecule has 18 heavy (non-hydrogen) atoms. The SMILES string of the molecule is CN(CCNC(=O)NC1(C(=O)O)CCC1)C1CC1. The smallest absolute Gasteiger partial charge is 0.329 e. The number of urea groups is 1. The van der Waals surface area contributed by atoms with E-state index in [1.54, 1.807) is 0 Å². The van der Waals surface area contributed by atoms with Crippen LogP contribution in [0.1, 0.15) is 32.1 Å². The summed E-state index contributed by atoms with van der Waals surface area (Å²) >= 11 is 0. The number of rotatable bonds is 6. The number of nitrogens with zero attached hydrogens (tertiary/aromatic N) is 1. The van der Waals surface area contributed by atoms with Crippen LogP contribution in [0.2, 0.25) is 0 Å². The Morgan fingerprint density at radius 1 is 1.39 bits per heavy atom. The lowest BCUT2D eigenvalue weighted by atomic mass is 9.77. The standard InChI is InChI=1S/C12H21N3O3/c1-15(9-3-4-9)8-7-13-11(18)14-12(10(16)17)5-2-6-12/h9H,2-8H2,1H3,(H,16,17)(H2,13,14,18). The van der Waals surface area contributed by atoms with Crippen LogP contribution < -0.4 is 10.6 Å². The number of carboxylic acid groups (broad SMARTS) is 1. The molecular weight excluding hydrogens is 234 g/mol. The molecule has 0 saturated heterocycles. The molecule has 0 radical (unpaired) electrons. The quantitative estimate of drug-likeness (QED) is 0.641. The minimum absolute atomic E-state index is 0.374. The van der Waals surface area contributed by atoms with Crippen LogP contribution in [-0.4, -0.2) is 53.7 Å². The van der Waals surface area contributed by atoms with Gasteiger partial charge in [0.1, 0.15) is 5.54 Å². The monoisotopic (exact) mass is 255 g/mol. The highest BCUT2D eigenvalue weighted by molar-refractivity contribution is 5.87. The third kappa shape index (κ3) is 2.93. The fraction of sp³-hybridized carbons (Fsp3) is 0.833. The Hall–Kier alpha value is -1.30. The van der Waals surface area contributed by atoms with Gasteiger partial charge in [0.2, 0.25) is 0 Å². The lowest BCUT2D eigenvalue weighted by Gasteiger charge is -2.38. The zero-order valence-corrected chi connectivity index (χ0v) is 10.7. The van der Waals surface area contributed by atoms with Crippen molar-refractivity contribution in [1.29, 1.82) is 0 Å². The molecule has 0 atom stereocenters. The van der Waals surface area contributed by atoms with Gasteiger partial charge in [-0.3, -0.25) is 0 Å². The molecule has 6 nitrogen and oxygen atoms in total. The molecule has 3 N–H and O–H groups in total. The molecule has 2 aliphatic carbocycles. The minimum Gasteiger partial charge on any atom is -0.480 e. The molecule has 0 unspecified atom stereocenters. The second-order valence-electron chi connectivity index (χ2n) is 5.33. The van der Waals surface area contributed by atoms with Crippen molar-refractivity contribution in [3.05, 3.63) is 0 Å². The van der Waals surface area contributed by atoms with Gasteiger partial charge in [0.05, 0.1) is 0 Å². The summed E-state index contributed by atoms with van der Waals surface area (Å²) in [7, 11) is 2.04. The molecule has 2 amide bonds. The Morgan fingerprint density at radius 3 is 2.50 bits per heavy atom. The topological polar surface area (TPSA) is 81.7 Å². The van der Waals surface area contributed by atoms with Gasteiger partial charge in [-0.1, -0.05) is 0 Å². The third-order valence-corrected chi connectivity index (χ3v) is 3.89. The van der Waals surface area contributed by atoms with Gasteiger partial charge in [-0.25, -0.2) is 9.59 Å². The van der Waals surface area contributed by atoms with Gasteiger partial charge in [0.25, 0.3) is 0 Å². The van der Waals surface area contributed by atoms with Gasteiger partial charge in [-0.2, -0.15) is 0 Å². The normalized spacial score (nSPS) is 21.2. The van der Waals surface area contributed by atoms with Crippen LogP contribution in [0.25, 0.3) is 0 Å². The Kier molecular flexibility index (Phi) is 3.75. The van der Waals surface area contributed by atoms with Gasteiger partial charge < -0.3 is 20.6 Å². The maximum absolute atomic E-state index is 11.6. The van der Waals surface area contributed by atoms with Crippen LogP contribution in [0.4, 0.5) is 4.79 Å². The highest BCUT2D eigenvalue weighted by atomic mass is 16.4. The van der Waals surface area contributed by atoms with Gasteiger partial charge in [-0.15, -0.1) is 0 Å². The molecule has 0 aliphatic heterocycles. The molecular formula is C12H21N3O3. The second-order valence-corrected chi connectivity index (χ2v) is 5.33. The first-order valence-electron chi connectivity index (χ1n) is 6.53. The number of nitrogens with one attached hydrogen (secondary N) is 2. The van der Waals surface area contributed by atoms with E-state index >= 15 is 0 Å².